The van der Waals surface area contributed by atoms with E-state index >= 15 is 0 Å². The van der Waals surface area contributed by atoms with Crippen molar-refractivity contribution in [1.29, 1.82) is 0 Å². The molecule has 1 N–H and O–H groups in total. The van der Waals surface area contributed by atoms with E-state index in [1.165, 1.54) is 5.56 Å². The molecule has 0 aromatic heterocycles. The highest BCUT2D eigenvalue weighted by molar-refractivity contribution is 5.88. The minimum absolute atomic E-state index is 0.0339. The fraction of sp³-hybridized carbons (Fsp3) is 0.438. The van der Waals surface area contributed by atoms with E-state index < -0.39 is 0 Å². The van der Waals surface area contributed by atoms with Gasteiger partial charge in [-0.1, -0.05) is 35.9 Å². The number of hydrogen-bond donors (Lipinski definition) is 1. The van der Waals surface area contributed by atoms with Crippen molar-refractivity contribution in [3.8, 4) is 0 Å². The molecule has 2 rings (SSSR count). The number of rotatable bonds is 4. The molecule has 102 valence electrons. The highest BCUT2D eigenvalue weighted by atomic mass is 16.1. The van der Waals surface area contributed by atoms with Crippen molar-refractivity contribution in [2.45, 2.75) is 32.9 Å². The first kappa shape index (κ1) is 13.8. The summed E-state index contributed by atoms with van der Waals surface area (Å²) in [5.74, 6) is 0.0339. The van der Waals surface area contributed by atoms with Crippen LogP contribution in [0.5, 0.6) is 0 Å². The van der Waals surface area contributed by atoms with E-state index in [4.69, 9.17) is 0 Å². The van der Waals surface area contributed by atoms with Crippen LogP contribution in [0.3, 0.4) is 0 Å². The molecule has 19 heavy (non-hydrogen) atoms. The fourth-order valence-electron chi connectivity index (χ4n) is 2.44. The second kappa shape index (κ2) is 6.53. The van der Waals surface area contributed by atoms with Gasteiger partial charge in [-0.2, -0.15) is 0 Å². The summed E-state index contributed by atoms with van der Waals surface area (Å²) < 4.78 is 0. The topological polar surface area (TPSA) is 32.3 Å². The fourth-order valence-corrected chi connectivity index (χ4v) is 2.44. The number of likely N-dealkylation sites (tertiary alicyclic amines) is 1. The summed E-state index contributed by atoms with van der Waals surface area (Å²) in [6, 6.07) is 10.8. The van der Waals surface area contributed by atoms with Crippen molar-refractivity contribution >= 4 is 5.91 Å². The van der Waals surface area contributed by atoms with Gasteiger partial charge in [0.25, 0.3) is 0 Å². The van der Waals surface area contributed by atoms with E-state index in [0.29, 0.717) is 0 Å². The van der Waals surface area contributed by atoms with Gasteiger partial charge in [0.2, 0.25) is 5.91 Å². The Bertz CT molecular complexity index is 449. The van der Waals surface area contributed by atoms with Crippen molar-refractivity contribution in [3.63, 3.8) is 0 Å². The predicted octanol–water partition coefficient (Wildman–Crippen LogP) is 2.34. The number of hydrogen-bond acceptors (Lipinski definition) is 2. The zero-order valence-corrected chi connectivity index (χ0v) is 11.7. The quantitative estimate of drug-likeness (QED) is 0.841. The lowest BCUT2D eigenvalue weighted by Crippen LogP contribution is -2.36. The average Bonchev–Trinajstić information content (AvgIpc) is 2.76. The molecule has 1 saturated heterocycles. The van der Waals surface area contributed by atoms with Gasteiger partial charge in [0.05, 0.1) is 0 Å². The van der Waals surface area contributed by atoms with Crippen LogP contribution in [0.1, 0.15) is 25.8 Å². The lowest BCUT2D eigenvalue weighted by Gasteiger charge is -2.16. The van der Waals surface area contributed by atoms with Crippen LogP contribution < -0.4 is 5.32 Å². The van der Waals surface area contributed by atoms with Gasteiger partial charge < -0.3 is 5.32 Å². The predicted molar refractivity (Wildman–Crippen MR) is 77.7 cm³/mol. The number of benzene rings is 1. The number of carbonyl (C=O) groups excluding carboxylic acids is 1. The first-order valence-corrected chi connectivity index (χ1v) is 6.85. The van der Waals surface area contributed by atoms with Gasteiger partial charge in [0.15, 0.2) is 0 Å². The van der Waals surface area contributed by atoms with E-state index in [0.717, 1.165) is 31.6 Å². The van der Waals surface area contributed by atoms with Crippen LogP contribution in [0, 0.1) is 0 Å². The molecular formula is C16H22N2O. The van der Waals surface area contributed by atoms with Crippen LogP contribution >= 0.6 is 0 Å². The van der Waals surface area contributed by atoms with Crippen molar-refractivity contribution in [1.82, 2.24) is 10.2 Å². The smallest absolute Gasteiger partial charge is 0.244 e. The summed E-state index contributed by atoms with van der Waals surface area (Å²) in [5, 5.41) is 3.07. The van der Waals surface area contributed by atoms with Gasteiger partial charge in [-0.15, -0.1) is 0 Å². The SMILES string of the molecule is CC(C)=CC(=O)NC1CCN(Cc2ccccc2)C1. The van der Waals surface area contributed by atoms with Crippen molar-refractivity contribution in [2.24, 2.45) is 0 Å². The van der Waals surface area contributed by atoms with Crippen molar-refractivity contribution in [2.75, 3.05) is 13.1 Å². The third-order valence-corrected chi connectivity index (χ3v) is 3.29. The zero-order chi connectivity index (χ0) is 13.7. The van der Waals surface area contributed by atoms with Gasteiger partial charge in [0, 0.05) is 31.8 Å². The molecular weight excluding hydrogens is 236 g/mol. The molecule has 1 atom stereocenters. The molecule has 0 aliphatic carbocycles. The molecule has 0 spiro atoms. The Hall–Kier alpha value is -1.61. The van der Waals surface area contributed by atoms with Crippen LogP contribution in [-0.4, -0.2) is 29.9 Å². The zero-order valence-electron chi connectivity index (χ0n) is 11.7. The van der Waals surface area contributed by atoms with Gasteiger partial charge in [-0.3, -0.25) is 9.69 Å². The minimum atomic E-state index is 0.0339. The van der Waals surface area contributed by atoms with Gasteiger partial charge in [-0.25, -0.2) is 0 Å². The van der Waals surface area contributed by atoms with Crippen LogP contribution in [0.25, 0.3) is 0 Å². The molecule has 1 fully saturated rings. The molecule has 0 bridgehead atoms. The Morgan fingerprint density at radius 2 is 2.11 bits per heavy atom. The first-order chi connectivity index (χ1) is 9.13. The largest absolute Gasteiger partial charge is 0.348 e. The normalized spacial score (nSPS) is 19.2. The maximum atomic E-state index is 11.7. The number of nitrogens with one attached hydrogen (secondary N) is 1. The van der Waals surface area contributed by atoms with Crippen LogP contribution in [0.15, 0.2) is 42.0 Å². The molecule has 1 heterocycles. The summed E-state index contributed by atoms with van der Waals surface area (Å²) in [7, 11) is 0. The van der Waals surface area contributed by atoms with Crippen molar-refractivity contribution < 1.29 is 4.79 Å². The monoisotopic (exact) mass is 258 g/mol. The lowest BCUT2D eigenvalue weighted by molar-refractivity contribution is -0.117. The summed E-state index contributed by atoms with van der Waals surface area (Å²) >= 11 is 0. The van der Waals surface area contributed by atoms with Gasteiger partial charge >= 0.3 is 0 Å². The van der Waals surface area contributed by atoms with Crippen LogP contribution in [0.4, 0.5) is 0 Å². The maximum absolute atomic E-state index is 11.7. The molecule has 1 amide bonds. The Kier molecular flexibility index (Phi) is 4.74. The van der Waals surface area contributed by atoms with Gasteiger partial charge in [0.1, 0.15) is 0 Å². The second-order valence-corrected chi connectivity index (χ2v) is 5.44. The van der Waals surface area contributed by atoms with Crippen LogP contribution in [-0.2, 0) is 11.3 Å². The van der Waals surface area contributed by atoms with E-state index in [9.17, 15) is 4.79 Å². The Morgan fingerprint density at radius 3 is 2.79 bits per heavy atom. The average molecular weight is 258 g/mol. The Labute approximate surface area is 115 Å². The lowest BCUT2D eigenvalue weighted by atomic mass is 10.2. The third-order valence-electron chi connectivity index (χ3n) is 3.29. The maximum Gasteiger partial charge on any atom is 0.244 e. The molecule has 1 aliphatic rings. The third kappa shape index (κ3) is 4.52. The van der Waals surface area contributed by atoms with E-state index in [1.54, 1.807) is 6.08 Å². The van der Waals surface area contributed by atoms with E-state index in [1.807, 2.05) is 19.9 Å². The highest BCUT2D eigenvalue weighted by Crippen LogP contribution is 2.13. The number of amides is 1. The number of carbonyl (C=O) groups is 1. The summed E-state index contributed by atoms with van der Waals surface area (Å²) in [5.41, 5.74) is 2.37. The number of allylic oxidation sites excluding steroid dienone is 1. The minimum Gasteiger partial charge on any atom is -0.348 e. The first-order valence-electron chi connectivity index (χ1n) is 6.85. The van der Waals surface area contributed by atoms with Crippen molar-refractivity contribution in [3.05, 3.63) is 47.5 Å². The molecule has 3 nitrogen and oxygen atoms in total. The van der Waals surface area contributed by atoms with Crippen LogP contribution in [0.2, 0.25) is 0 Å². The summed E-state index contributed by atoms with van der Waals surface area (Å²) in [6.45, 7) is 6.84. The summed E-state index contributed by atoms with van der Waals surface area (Å²) in [4.78, 5) is 14.1. The molecule has 1 aliphatic heterocycles. The molecule has 0 radical (unpaired) electrons. The molecule has 3 heteroatoms. The molecule has 1 unspecified atom stereocenters. The van der Waals surface area contributed by atoms with Gasteiger partial charge in [-0.05, 0) is 25.8 Å². The van der Waals surface area contributed by atoms with E-state index in [-0.39, 0.29) is 11.9 Å². The Morgan fingerprint density at radius 1 is 1.37 bits per heavy atom. The molecule has 1 aromatic rings. The second-order valence-electron chi connectivity index (χ2n) is 5.44. The summed E-state index contributed by atoms with van der Waals surface area (Å²) in [6.07, 6.45) is 2.70. The highest BCUT2D eigenvalue weighted by Gasteiger charge is 2.23. The molecule has 0 saturated carbocycles. The van der Waals surface area contributed by atoms with E-state index in [2.05, 4.69) is 34.5 Å². The molecule has 1 aromatic carbocycles. The Balaban J connectivity index is 1.80. The standard InChI is InChI=1S/C16H22N2O/c1-13(2)10-16(19)17-15-8-9-18(12-15)11-14-6-4-3-5-7-14/h3-7,10,15H,8-9,11-12H2,1-2H3,(H,17,19). The number of nitrogens with zero attached hydrogens (tertiary/aromatic N) is 1.